The first-order valence-corrected chi connectivity index (χ1v) is 9.15. The van der Waals surface area contributed by atoms with E-state index in [1.165, 1.54) is 37.3 Å². The number of ether oxygens (including phenoxy) is 1. The number of carbonyl (C=O) groups is 1. The zero-order valence-electron chi connectivity index (χ0n) is 16.7. The number of hydrogen-bond donors (Lipinski definition) is 1. The summed E-state index contributed by atoms with van der Waals surface area (Å²) in [6, 6.07) is 0. The van der Waals surface area contributed by atoms with Gasteiger partial charge in [0.1, 0.15) is 6.61 Å². The summed E-state index contributed by atoms with van der Waals surface area (Å²) in [4.78, 5) is 10.7. The molecule has 140 valence electrons. The fourth-order valence-corrected chi connectivity index (χ4v) is 3.36. The average Bonchev–Trinajstić information content (AvgIpc) is 2.45. The van der Waals surface area contributed by atoms with Crippen molar-refractivity contribution in [3.8, 4) is 0 Å². The van der Waals surface area contributed by atoms with Crippen LogP contribution in [-0.4, -0.2) is 23.8 Å². The van der Waals surface area contributed by atoms with E-state index in [1.807, 2.05) is 26.0 Å². The lowest BCUT2D eigenvalue weighted by atomic mass is 9.72. The maximum atomic E-state index is 10.7. The fraction of sp³-hybridized carbons (Fsp3) is 0.591. The Hall–Kier alpha value is -1.61. The molecule has 3 nitrogen and oxygen atoms in total. The number of hydrogen-bond acceptors (Lipinski definition) is 3. The van der Waals surface area contributed by atoms with Crippen LogP contribution < -0.4 is 0 Å². The molecule has 0 saturated carbocycles. The van der Waals surface area contributed by atoms with E-state index in [-0.39, 0.29) is 18.0 Å². The van der Waals surface area contributed by atoms with Crippen LogP contribution in [0.25, 0.3) is 0 Å². The number of esters is 1. The largest absolute Gasteiger partial charge is 0.462 e. The van der Waals surface area contributed by atoms with E-state index >= 15 is 0 Å². The fourth-order valence-electron chi connectivity index (χ4n) is 3.36. The second-order valence-electron chi connectivity index (χ2n) is 7.80. The maximum absolute atomic E-state index is 10.7. The molecule has 1 aliphatic carbocycles. The van der Waals surface area contributed by atoms with Crippen molar-refractivity contribution in [3.05, 3.63) is 46.6 Å². The van der Waals surface area contributed by atoms with Crippen LogP contribution in [0.15, 0.2) is 46.6 Å². The van der Waals surface area contributed by atoms with Crippen molar-refractivity contribution in [2.24, 2.45) is 5.41 Å². The molecule has 0 saturated heterocycles. The molecule has 0 bridgehead atoms. The van der Waals surface area contributed by atoms with Crippen molar-refractivity contribution in [1.82, 2.24) is 0 Å². The minimum Gasteiger partial charge on any atom is -0.462 e. The van der Waals surface area contributed by atoms with Gasteiger partial charge in [0.15, 0.2) is 0 Å². The summed E-state index contributed by atoms with van der Waals surface area (Å²) in [7, 11) is 0. The second-order valence-corrected chi connectivity index (χ2v) is 7.80. The minimum absolute atomic E-state index is 0.230. The van der Waals surface area contributed by atoms with Gasteiger partial charge in [0.2, 0.25) is 0 Å². The van der Waals surface area contributed by atoms with E-state index in [1.54, 1.807) is 0 Å². The van der Waals surface area contributed by atoms with Gasteiger partial charge in [0.25, 0.3) is 0 Å². The Bertz CT molecular complexity index is 588. The van der Waals surface area contributed by atoms with Crippen molar-refractivity contribution in [2.45, 2.75) is 73.3 Å². The SMILES string of the molecule is CC(=O)OCC=C(C)CC(O)C=C(C)C=CC1=C(C)CCCC1(C)C. The molecule has 0 aromatic carbocycles. The van der Waals surface area contributed by atoms with Crippen molar-refractivity contribution in [1.29, 1.82) is 0 Å². The smallest absolute Gasteiger partial charge is 0.302 e. The first kappa shape index (κ1) is 21.4. The van der Waals surface area contributed by atoms with Crippen LogP contribution in [0.4, 0.5) is 0 Å². The van der Waals surface area contributed by atoms with Gasteiger partial charge in [-0.1, -0.05) is 48.8 Å². The Balaban J connectivity index is 2.66. The topological polar surface area (TPSA) is 46.5 Å². The number of aliphatic hydroxyl groups is 1. The van der Waals surface area contributed by atoms with E-state index in [4.69, 9.17) is 4.74 Å². The second kappa shape index (κ2) is 9.76. The molecule has 1 aliphatic rings. The van der Waals surface area contributed by atoms with Gasteiger partial charge in [-0.05, 0) is 63.5 Å². The van der Waals surface area contributed by atoms with Crippen LogP contribution in [0.1, 0.15) is 67.2 Å². The molecule has 1 rings (SSSR count). The highest BCUT2D eigenvalue weighted by Crippen LogP contribution is 2.40. The monoisotopic (exact) mass is 346 g/mol. The van der Waals surface area contributed by atoms with Gasteiger partial charge in [-0.25, -0.2) is 0 Å². The lowest BCUT2D eigenvalue weighted by Crippen LogP contribution is -2.19. The summed E-state index contributed by atoms with van der Waals surface area (Å²) in [5, 5.41) is 10.2. The molecule has 0 radical (unpaired) electrons. The first-order valence-electron chi connectivity index (χ1n) is 9.15. The molecule has 0 spiro atoms. The van der Waals surface area contributed by atoms with Crippen LogP contribution in [0.2, 0.25) is 0 Å². The zero-order chi connectivity index (χ0) is 19.0. The molecule has 0 heterocycles. The molecule has 1 unspecified atom stereocenters. The average molecular weight is 347 g/mol. The normalized spacial score (nSPS) is 20.1. The molecule has 0 amide bonds. The number of carbonyl (C=O) groups excluding carboxylic acids is 1. The molecule has 0 fully saturated rings. The third-order valence-corrected chi connectivity index (χ3v) is 4.76. The Labute approximate surface area is 153 Å². The van der Waals surface area contributed by atoms with Gasteiger partial charge in [-0.15, -0.1) is 0 Å². The molecule has 0 aromatic rings. The standard InChI is InChI=1S/C22H34O3/c1-16(9-10-21-18(3)8-7-12-22(21,5)6)14-20(24)15-17(2)11-13-25-19(4)23/h9-11,14,20,24H,7-8,12-13,15H2,1-6H3. The predicted octanol–water partition coefficient (Wildman–Crippen LogP) is 5.28. The molecular formula is C22H34O3. The van der Waals surface area contributed by atoms with E-state index in [2.05, 4.69) is 32.9 Å². The molecule has 3 heteroatoms. The Morgan fingerprint density at radius 3 is 2.60 bits per heavy atom. The summed E-state index contributed by atoms with van der Waals surface area (Å²) in [5.74, 6) is -0.291. The summed E-state index contributed by atoms with van der Waals surface area (Å²) in [6.07, 6.45) is 11.7. The Morgan fingerprint density at radius 2 is 2.00 bits per heavy atom. The predicted molar refractivity (Wildman–Crippen MR) is 104 cm³/mol. The van der Waals surface area contributed by atoms with Gasteiger partial charge >= 0.3 is 5.97 Å². The molecule has 1 atom stereocenters. The Morgan fingerprint density at radius 1 is 1.32 bits per heavy atom. The van der Waals surface area contributed by atoms with Crippen LogP contribution >= 0.6 is 0 Å². The van der Waals surface area contributed by atoms with Gasteiger partial charge in [-0.2, -0.15) is 0 Å². The molecule has 0 aliphatic heterocycles. The maximum Gasteiger partial charge on any atom is 0.302 e. The number of aliphatic hydroxyl groups excluding tert-OH is 1. The molecular weight excluding hydrogens is 312 g/mol. The van der Waals surface area contributed by atoms with Crippen LogP contribution in [0.5, 0.6) is 0 Å². The minimum atomic E-state index is -0.535. The summed E-state index contributed by atoms with van der Waals surface area (Å²) in [6.45, 7) is 12.4. The first-order chi connectivity index (χ1) is 11.6. The zero-order valence-corrected chi connectivity index (χ0v) is 16.7. The van der Waals surface area contributed by atoms with Crippen LogP contribution in [0, 0.1) is 5.41 Å². The van der Waals surface area contributed by atoms with Gasteiger partial charge in [0.05, 0.1) is 6.10 Å². The summed E-state index contributed by atoms with van der Waals surface area (Å²) in [5.41, 5.74) is 5.20. The molecule has 25 heavy (non-hydrogen) atoms. The highest BCUT2D eigenvalue weighted by molar-refractivity contribution is 5.66. The van der Waals surface area contributed by atoms with E-state index in [0.29, 0.717) is 6.42 Å². The van der Waals surface area contributed by atoms with Crippen molar-refractivity contribution in [3.63, 3.8) is 0 Å². The van der Waals surface area contributed by atoms with Gasteiger partial charge in [-0.3, -0.25) is 4.79 Å². The van der Waals surface area contributed by atoms with Gasteiger partial charge in [0, 0.05) is 6.92 Å². The molecule has 0 aromatic heterocycles. The summed E-state index contributed by atoms with van der Waals surface area (Å²) < 4.78 is 4.88. The summed E-state index contributed by atoms with van der Waals surface area (Å²) >= 11 is 0. The van der Waals surface area contributed by atoms with E-state index in [9.17, 15) is 9.90 Å². The van der Waals surface area contributed by atoms with E-state index in [0.717, 1.165) is 11.1 Å². The lowest BCUT2D eigenvalue weighted by molar-refractivity contribution is -0.139. The van der Waals surface area contributed by atoms with E-state index < -0.39 is 6.10 Å². The third kappa shape index (κ3) is 7.87. The van der Waals surface area contributed by atoms with Gasteiger partial charge < -0.3 is 9.84 Å². The van der Waals surface area contributed by atoms with Crippen molar-refractivity contribution >= 4 is 5.97 Å². The Kier molecular flexibility index (Phi) is 8.37. The van der Waals surface area contributed by atoms with Crippen LogP contribution in [-0.2, 0) is 9.53 Å². The van der Waals surface area contributed by atoms with Crippen molar-refractivity contribution in [2.75, 3.05) is 6.61 Å². The quantitative estimate of drug-likeness (QED) is 0.388. The third-order valence-electron chi connectivity index (χ3n) is 4.76. The molecule has 1 N–H and O–H groups in total. The number of allylic oxidation sites excluding steroid dienone is 5. The number of rotatable bonds is 7. The van der Waals surface area contributed by atoms with Crippen molar-refractivity contribution < 1.29 is 14.6 Å². The van der Waals surface area contributed by atoms with Crippen LogP contribution in [0.3, 0.4) is 0 Å². The highest BCUT2D eigenvalue weighted by atomic mass is 16.5. The highest BCUT2D eigenvalue weighted by Gasteiger charge is 2.26. The lowest BCUT2D eigenvalue weighted by Gasteiger charge is -2.33.